The van der Waals surface area contributed by atoms with E-state index >= 15 is 0 Å². The number of carbonyl (C=O) groups is 2. The Morgan fingerprint density at radius 3 is 1.91 bits per heavy atom. The van der Waals surface area contributed by atoms with Gasteiger partial charge >= 0.3 is 5.97 Å². The topological polar surface area (TPSA) is 66.8 Å². The zero-order valence-electron chi connectivity index (χ0n) is 14.1. The van der Waals surface area contributed by atoms with Crippen molar-refractivity contribution in [1.82, 2.24) is 4.57 Å². The van der Waals surface area contributed by atoms with Crippen molar-refractivity contribution in [2.45, 2.75) is 39.3 Å². The second kappa shape index (κ2) is 6.66. The van der Waals surface area contributed by atoms with E-state index < -0.39 is 22.5 Å². The predicted molar refractivity (Wildman–Crippen MR) is 92.4 cm³/mol. The highest BCUT2D eigenvalue weighted by molar-refractivity contribution is 6.75. The van der Waals surface area contributed by atoms with Gasteiger partial charge in [0.25, 0.3) is 0 Å². The summed E-state index contributed by atoms with van der Waals surface area (Å²) in [5, 5.41) is 9.03. The van der Waals surface area contributed by atoms with Gasteiger partial charge in [0, 0.05) is 5.56 Å². The lowest BCUT2D eigenvalue weighted by molar-refractivity contribution is -0.137. The van der Waals surface area contributed by atoms with Crippen LogP contribution in [-0.2, 0) is 4.79 Å². The van der Waals surface area contributed by atoms with Crippen molar-refractivity contribution in [3.63, 3.8) is 0 Å². The third-order valence-corrected chi connectivity index (χ3v) is 5.70. The standard InChI is InChI=1S/C15H25NO4Si2/c1-21(2,3)16(11-14(17)18)15(19)12-7-9-13(10-8-12)20-22(4,5)6/h7-10H,11H2,1-6H3,(H,17,18). The summed E-state index contributed by atoms with van der Waals surface area (Å²) < 4.78 is 7.35. The van der Waals surface area contributed by atoms with E-state index in [0.717, 1.165) is 5.75 Å². The molecule has 1 aromatic rings. The van der Waals surface area contributed by atoms with Gasteiger partial charge in [0.05, 0.1) is 0 Å². The maximum atomic E-state index is 12.6. The van der Waals surface area contributed by atoms with Crippen LogP contribution >= 0.6 is 0 Å². The summed E-state index contributed by atoms with van der Waals surface area (Å²) in [4.78, 5) is 23.6. The second-order valence-electron chi connectivity index (χ2n) is 7.19. The van der Waals surface area contributed by atoms with Crippen LogP contribution in [0.25, 0.3) is 0 Å². The number of aliphatic carboxylic acids is 1. The number of carboxylic acids is 1. The molecule has 0 aliphatic carbocycles. The summed E-state index contributed by atoms with van der Waals surface area (Å²) in [6.45, 7) is 11.9. The van der Waals surface area contributed by atoms with Crippen LogP contribution < -0.4 is 4.43 Å². The van der Waals surface area contributed by atoms with E-state index in [4.69, 9.17) is 9.53 Å². The van der Waals surface area contributed by atoms with Crippen LogP contribution in [0, 0.1) is 0 Å². The Bertz CT molecular complexity index is 544. The molecule has 0 radical (unpaired) electrons. The number of rotatable bonds is 6. The van der Waals surface area contributed by atoms with Gasteiger partial charge in [-0.3, -0.25) is 9.59 Å². The third-order valence-electron chi connectivity index (χ3n) is 2.87. The van der Waals surface area contributed by atoms with Crippen molar-refractivity contribution >= 4 is 28.4 Å². The number of benzene rings is 1. The molecule has 1 rings (SSSR count). The number of amides is 1. The van der Waals surface area contributed by atoms with Crippen LogP contribution in [0.2, 0.25) is 39.3 Å². The van der Waals surface area contributed by atoms with Crippen LogP contribution in [0.15, 0.2) is 24.3 Å². The van der Waals surface area contributed by atoms with E-state index in [1.54, 1.807) is 24.3 Å². The summed E-state index contributed by atoms with van der Waals surface area (Å²) in [5.41, 5.74) is 0.492. The van der Waals surface area contributed by atoms with Crippen LogP contribution in [0.3, 0.4) is 0 Å². The molecule has 7 heteroatoms. The van der Waals surface area contributed by atoms with Gasteiger partial charge in [0.2, 0.25) is 14.2 Å². The lowest BCUT2D eigenvalue weighted by atomic mass is 10.2. The average Bonchev–Trinajstić information content (AvgIpc) is 2.32. The lowest BCUT2D eigenvalue weighted by Crippen LogP contribution is -2.51. The summed E-state index contributed by atoms with van der Waals surface area (Å²) in [6.07, 6.45) is 0. The number of carbonyl (C=O) groups excluding carboxylic acids is 1. The van der Waals surface area contributed by atoms with Crippen molar-refractivity contribution in [3.8, 4) is 5.75 Å². The van der Waals surface area contributed by atoms with Crippen molar-refractivity contribution in [2.75, 3.05) is 6.54 Å². The average molecular weight is 340 g/mol. The molecule has 0 unspecified atom stereocenters. The molecular formula is C15H25NO4Si2. The molecule has 0 fully saturated rings. The molecule has 0 spiro atoms. The fourth-order valence-electron chi connectivity index (χ4n) is 1.92. The first-order valence-electron chi connectivity index (χ1n) is 7.23. The third kappa shape index (κ3) is 5.65. The smallest absolute Gasteiger partial charge is 0.322 e. The molecule has 0 bridgehead atoms. The van der Waals surface area contributed by atoms with Crippen molar-refractivity contribution < 1.29 is 19.1 Å². The highest BCUT2D eigenvalue weighted by atomic mass is 28.4. The molecule has 0 aliphatic heterocycles. The Morgan fingerprint density at radius 1 is 1.05 bits per heavy atom. The molecule has 0 atom stereocenters. The van der Waals surface area contributed by atoms with Crippen molar-refractivity contribution in [2.24, 2.45) is 0 Å². The van der Waals surface area contributed by atoms with Gasteiger partial charge in [0.15, 0.2) is 8.24 Å². The summed E-state index contributed by atoms with van der Waals surface area (Å²) >= 11 is 0. The molecule has 0 aromatic heterocycles. The van der Waals surface area contributed by atoms with E-state index in [9.17, 15) is 9.59 Å². The van der Waals surface area contributed by atoms with E-state index in [1.807, 2.05) is 19.6 Å². The van der Waals surface area contributed by atoms with Gasteiger partial charge < -0.3 is 14.1 Å². The molecule has 1 amide bonds. The van der Waals surface area contributed by atoms with E-state index in [1.165, 1.54) is 4.57 Å². The molecule has 0 saturated heterocycles. The molecule has 0 saturated carbocycles. The van der Waals surface area contributed by atoms with Crippen LogP contribution in [0.1, 0.15) is 10.4 Å². The molecular weight excluding hydrogens is 314 g/mol. The fourth-order valence-corrected chi connectivity index (χ4v) is 4.11. The Hall–Kier alpha value is -1.61. The van der Waals surface area contributed by atoms with Gasteiger partial charge in [0.1, 0.15) is 12.3 Å². The summed E-state index contributed by atoms with van der Waals surface area (Å²) in [7, 11) is -3.75. The van der Waals surface area contributed by atoms with E-state index in [2.05, 4.69) is 19.6 Å². The van der Waals surface area contributed by atoms with E-state index in [0.29, 0.717) is 5.56 Å². The predicted octanol–water partition coefficient (Wildman–Crippen LogP) is 3.26. The SMILES string of the molecule is C[Si](C)(C)Oc1ccc(C(=O)N(CC(=O)O)[Si](C)(C)C)cc1. The maximum Gasteiger partial charge on any atom is 0.322 e. The van der Waals surface area contributed by atoms with Crippen molar-refractivity contribution in [1.29, 1.82) is 0 Å². The maximum absolute atomic E-state index is 12.6. The highest BCUT2D eigenvalue weighted by Crippen LogP contribution is 2.19. The largest absolute Gasteiger partial charge is 0.544 e. The van der Waals surface area contributed by atoms with Crippen LogP contribution in [0.5, 0.6) is 5.75 Å². The van der Waals surface area contributed by atoms with E-state index in [-0.39, 0.29) is 12.5 Å². The normalized spacial score (nSPS) is 11.9. The van der Waals surface area contributed by atoms with Gasteiger partial charge in [-0.05, 0) is 43.9 Å². The molecule has 122 valence electrons. The fraction of sp³-hybridized carbons (Fsp3) is 0.467. The van der Waals surface area contributed by atoms with Crippen LogP contribution in [0.4, 0.5) is 0 Å². The summed E-state index contributed by atoms with van der Waals surface area (Å²) in [6, 6.07) is 6.95. The first-order chi connectivity index (χ1) is 9.90. The van der Waals surface area contributed by atoms with Gasteiger partial charge in [-0.2, -0.15) is 0 Å². The number of nitrogens with zero attached hydrogens (tertiary/aromatic N) is 1. The Balaban J connectivity index is 2.98. The zero-order chi connectivity index (χ0) is 17.1. The first-order valence-corrected chi connectivity index (χ1v) is 14.1. The number of hydrogen-bond acceptors (Lipinski definition) is 3. The van der Waals surface area contributed by atoms with Gasteiger partial charge in [-0.15, -0.1) is 0 Å². The number of hydrogen-bond donors (Lipinski definition) is 1. The minimum absolute atomic E-state index is 0.235. The highest BCUT2D eigenvalue weighted by Gasteiger charge is 2.31. The molecule has 0 heterocycles. The molecule has 22 heavy (non-hydrogen) atoms. The zero-order valence-corrected chi connectivity index (χ0v) is 16.1. The molecule has 1 N–H and O–H groups in total. The van der Waals surface area contributed by atoms with Crippen molar-refractivity contribution in [3.05, 3.63) is 29.8 Å². The molecule has 5 nitrogen and oxygen atoms in total. The van der Waals surface area contributed by atoms with Gasteiger partial charge in [-0.25, -0.2) is 0 Å². The first kappa shape index (κ1) is 18.4. The number of carboxylic acid groups (broad SMARTS) is 1. The Labute approximate surface area is 134 Å². The monoisotopic (exact) mass is 339 g/mol. The minimum Gasteiger partial charge on any atom is -0.544 e. The quantitative estimate of drug-likeness (QED) is 0.808. The molecule has 0 aliphatic rings. The molecule has 1 aromatic carbocycles. The lowest BCUT2D eigenvalue weighted by Gasteiger charge is -2.33. The van der Waals surface area contributed by atoms with Crippen LogP contribution in [-0.4, -0.2) is 44.6 Å². The van der Waals surface area contributed by atoms with Gasteiger partial charge in [-0.1, -0.05) is 19.6 Å². The Morgan fingerprint density at radius 2 is 1.55 bits per heavy atom. The second-order valence-corrected chi connectivity index (χ2v) is 16.5. The summed E-state index contributed by atoms with van der Waals surface area (Å²) in [5.74, 6) is -0.482. The Kier molecular flexibility index (Phi) is 5.58. The minimum atomic E-state index is -2.07.